The summed E-state index contributed by atoms with van der Waals surface area (Å²) in [7, 11) is 0. The fourth-order valence-electron chi connectivity index (χ4n) is 3.77. The van der Waals surface area contributed by atoms with Crippen molar-refractivity contribution in [3.63, 3.8) is 0 Å². The van der Waals surface area contributed by atoms with Crippen molar-refractivity contribution >= 4 is 5.91 Å². The van der Waals surface area contributed by atoms with Crippen LogP contribution in [-0.4, -0.2) is 60.7 Å². The summed E-state index contributed by atoms with van der Waals surface area (Å²) in [5, 5.41) is 10.2. The normalized spacial score (nSPS) is 27.2. The van der Waals surface area contributed by atoms with Crippen LogP contribution in [0.15, 0.2) is 0 Å². The summed E-state index contributed by atoms with van der Waals surface area (Å²) in [5.41, 5.74) is 0.156. The van der Waals surface area contributed by atoms with E-state index >= 15 is 0 Å². The van der Waals surface area contributed by atoms with E-state index in [2.05, 4.69) is 48.5 Å². The summed E-state index contributed by atoms with van der Waals surface area (Å²) < 4.78 is 0. The first-order valence-electron chi connectivity index (χ1n) is 7.78. The Labute approximate surface area is 122 Å². The Bertz CT molecular complexity index is 332. The molecule has 0 aromatic heterocycles. The van der Waals surface area contributed by atoms with Crippen LogP contribution in [0.5, 0.6) is 0 Å². The molecule has 116 valence electrons. The van der Waals surface area contributed by atoms with Gasteiger partial charge in [0.1, 0.15) is 0 Å². The standard InChI is InChI=1S/C15H30N4O/c1-14(2)9-12(10-15(3,4)18-14)17-13(20)11-19-7-5-16-6-8-19/h12,16,18H,5-11H2,1-4H3,(H,17,20). The van der Waals surface area contributed by atoms with Gasteiger partial charge in [0.15, 0.2) is 0 Å². The largest absolute Gasteiger partial charge is 0.352 e. The number of hydrogen-bond donors (Lipinski definition) is 3. The summed E-state index contributed by atoms with van der Waals surface area (Å²) in [6.45, 7) is 13.3. The van der Waals surface area contributed by atoms with Gasteiger partial charge in [-0.05, 0) is 40.5 Å². The van der Waals surface area contributed by atoms with Gasteiger partial charge in [-0.2, -0.15) is 0 Å². The number of nitrogens with one attached hydrogen (secondary N) is 3. The molecule has 2 saturated heterocycles. The molecule has 0 saturated carbocycles. The first-order chi connectivity index (χ1) is 9.26. The van der Waals surface area contributed by atoms with Crippen molar-refractivity contribution in [1.29, 1.82) is 0 Å². The molecule has 0 radical (unpaired) electrons. The first kappa shape index (κ1) is 15.7. The number of amides is 1. The molecule has 0 bridgehead atoms. The van der Waals surface area contributed by atoms with Gasteiger partial charge in [-0.15, -0.1) is 0 Å². The van der Waals surface area contributed by atoms with Gasteiger partial charge >= 0.3 is 0 Å². The predicted octanol–water partition coefficient (Wildman–Crippen LogP) is 0.317. The van der Waals surface area contributed by atoms with Crippen molar-refractivity contribution in [3.8, 4) is 0 Å². The maximum absolute atomic E-state index is 12.2. The molecule has 0 aromatic carbocycles. The molecular weight excluding hydrogens is 252 g/mol. The van der Waals surface area contributed by atoms with Gasteiger partial charge in [0.25, 0.3) is 0 Å². The Morgan fingerprint density at radius 3 is 2.25 bits per heavy atom. The average molecular weight is 282 g/mol. The zero-order valence-corrected chi connectivity index (χ0v) is 13.4. The highest BCUT2D eigenvalue weighted by molar-refractivity contribution is 5.78. The molecule has 20 heavy (non-hydrogen) atoms. The van der Waals surface area contributed by atoms with Gasteiger partial charge in [0, 0.05) is 43.3 Å². The maximum atomic E-state index is 12.2. The molecule has 2 aliphatic rings. The molecule has 3 N–H and O–H groups in total. The third-order valence-corrected chi connectivity index (χ3v) is 4.13. The van der Waals surface area contributed by atoms with Crippen molar-refractivity contribution in [2.75, 3.05) is 32.7 Å². The van der Waals surface area contributed by atoms with E-state index < -0.39 is 0 Å². The van der Waals surface area contributed by atoms with Crippen LogP contribution in [-0.2, 0) is 4.79 Å². The van der Waals surface area contributed by atoms with E-state index in [1.165, 1.54) is 0 Å². The second kappa shape index (κ2) is 6.00. The van der Waals surface area contributed by atoms with Gasteiger partial charge in [-0.1, -0.05) is 0 Å². The lowest BCUT2D eigenvalue weighted by Gasteiger charge is -2.46. The van der Waals surface area contributed by atoms with Gasteiger partial charge in [-0.25, -0.2) is 0 Å². The Kier molecular flexibility index (Phi) is 4.72. The molecule has 0 aliphatic carbocycles. The summed E-state index contributed by atoms with van der Waals surface area (Å²) in [6, 6.07) is 0.275. The third-order valence-electron chi connectivity index (χ3n) is 4.13. The highest BCUT2D eigenvalue weighted by Crippen LogP contribution is 2.28. The van der Waals surface area contributed by atoms with Crippen LogP contribution in [0.3, 0.4) is 0 Å². The van der Waals surface area contributed by atoms with Crippen LogP contribution in [0, 0.1) is 0 Å². The van der Waals surface area contributed by atoms with E-state index in [1.807, 2.05) is 0 Å². The lowest BCUT2D eigenvalue weighted by Crippen LogP contribution is -2.62. The van der Waals surface area contributed by atoms with Crippen molar-refractivity contribution in [1.82, 2.24) is 20.9 Å². The van der Waals surface area contributed by atoms with Crippen LogP contribution in [0.25, 0.3) is 0 Å². The monoisotopic (exact) mass is 282 g/mol. The lowest BCUT2D eigenvalue weighted by molar-refractivity contribution is -0.123. The highest BCUT2D eigenvalue weighted by Gasteiger charge is 2.38. The zero-order valence-electron chi connectivity index (χ0n) is 13.4. The smallest absolute Gasteiger partial charge is 0.234 e. The summed E-state index contributed by atoms with van der Waals surface area (Å²) in [6.07, 6.45) is 1.98. The molecular formula is C15H30N4O. The molecule has 0 unspecified atom stereocenters. The number of carbonyl (C=O) groups excluding carboxylic acids is 1. The van der Waals surface area contributed by atoms with E-state index in [0.717, 1.165) is 39.0 Å². The Morgan fingerprint density at radius 1 is 1.15 bits per heavy atom. The fraction of sp³-hybridized carbons (Fsp3) is 0.933. The Balaban J connectivity index is 1.83. The van der Waals surface area contributed by atoms with Crippen LogP contribution in [0.1, 0.15) is 40.5 Å². The minimum absolute atomic E-state index is 0.0781. The quantitative estimate of drug-likeness (QED) is 0.698. The van der Waals surface area contributed by atoms with Crippen molar-refractivity contribution in [2.45, 2.75) is 57.7 Å². The van der Waals surface area contributed by atoms with Gasteiger partial charge in [0.05, 0.1) is 6.54 Å². The van der Waals surface area contributed by atoms with Gasteiger partial charge in [0.2, 0.25) is 5.91 Å². The molecule has 1 amide bonds. The Hall–Kier alpha value is -0.650. The van der Waals surface area contributed by atoms with Gasteiger partial charge in [-0.3, -0.25) is 9.69 Å². The fourth-order valence-corrected chi connectivity index (χ4v) is 3.77. The molecule has 2 fully saturated rings. The molecule has 0 atom stereocenters. The van der Waals surface area contributed by atoms with E-state index in [1.54, 1.807) is 0 Å². The van der Waals surface area contributed by atoms with Crippen LogP contribution in [0.2, 0.25) is 0 Å². The number of piperazine rings is 1. The summed E-state index contributed by atoms with van der Waals surface area (Å²) in [4.78, 5) is 14.4. The van der Waals surface area contributed by atoms with Gasteiger partial charge < -0.3 is 16.0 Å². The number of nitrogens with zero attached hydrogens (tertiary/aromatic N) is 1. The second-order valence-electron chi connectivity index (χ2n) is 7.59. The second-order valence-corrected chi connectivity index (χ2v) is 7.59. The minimum Gasteiger partial charge on any atom is -0.352 e. The van der Waals surface area contributed by atoms with Crippen molar-refractivity contribution < 1.29 is 4.79 Å². The lowest BCUT2D eigenvalue weighted by atomic mass is 9.79. The molecule has 2 heterocycles. The number of carbonyl (C=O) groups is 1. The summed E-state index contributed by atoms with van der Waals surface area (Å²) >= 11 is 0. The Morgan fingerprint density at radius 2 is 1.70 bits per heavy atom. The number of piperidine rings is 1. The number of hydrogen-bond acceptors (Lipinski definition) is 4. The number of rotatable bonds is 3. The van der Waals surface area contributed by atoms with E-state index in [0.29, 0.717) is 6.54 Å². The SMILES string of the molecule is CC1(C)CC(NC(=O)CN2CCNCC2)CC(C)(C)N1. The highest BCUT2D eigenvalue weighted by atomic mass is 16.2. The van der Waals surface area contributed by atoms with E-state index in [4.69, 9.17) is 0 Å². The third kappa shape index (κ3) is 4.72. The first-order valence-corrected chi connectivity index (χ1v) is 7.78. The van der Waals surface area contributed by atoms with E-state index in [-0.39, 0.29) is 23.0 Å². The topological polar surface area (TPSA) is 56.4 Å². The van der Waals surface area contributed by atoms with E-state index in [9.17, 15) is 4.79 Å². The molecule has 0 aromatic rings. The van der Waals surface area contributed by atoms with Crippen LogP contribution in [0.4, 0.5) is 0 Å². The molecule has 2 rings (SSSR count). The molecule has 0 spiro atoms. The maximum Gasteiger partial charge on any atom is 0.234 e. The minimum atomic E-state index is 0.0781. The molecule has 5 heteroatoms. The van der Waals surface area contributed by atoms with Crippen molar-refractivity contribution in [2.24, 2.45) is 0 Å². The molecule has 2 aliphatic heterocycles. The zero-order chi connectivity index (χ0) is 14.8. The predicted molar refractivity (Wildman–Crippen MR) is 81.8 cm³/mol. The molecule has 5 nitrogen and oxygen atoms in total. The average Bonchev–Trinajstić information content (AvgIpc) is 2.25. The van der Waals surface area contributed by atoms with Crippen LogP contribution < -0.4 is 16.0 Å². The van der Waals surface area contributed by atoms with Crippen LogP contribution >= 0.6 is 0 Å². The summed E-state index contributed by atoms with van der Waals surface area (Å²) in [5.74, 6) is 0.172. The van der Waals surface area contributed by atoms with Crippen molar-refractivity contribution in [3.05, 3.63) is 0 Å².